The van der Waals surface area contributed by atoms with Crippen LogP contribution in [0.15, 0.2) is 59.6 Å². The Balaban J connectivity index is 1.06. The summed E-state index contributed by atoms with van der Waals surface area (Å²) in [4.78, 5) is 20.2. The van der Waals surface area contributed by atoms with Gasteiger partial charge in [-0.1, -0.05) is 18.2 Å². The largest absolute Gasteiger partial charge is 0.494 e. The molecule has 1 saturated heterocycles. The Labute approximate surface area is 187 Å². The SMILES string of the molecule is O=C1N=Cc2cc(OCCCCN3CCN(c4cccc5ccc(F)cc45)CC3)ccc21. The Morgan fingerprint density at radius 2 is 1.84 bits per heavy atom. The minimum Gasteiger partial charge on any atom is -0.494 e. The summed E-state index contributed by atoms with van der Waals surface area (Å²) >= 11 is 0. The number of fused-ring (bicyclic) bond motifs is 2. The van der Waals surface area contributed by atoms with Crippen LogP contribution in [0.3, 0.4) is 0 Å². The Morgan fingerprint density at radius 1 is 0.969 bits per heavy atom. The average Bonchev–Trinajstić information content (AvgIpc) is 3.19. The lowest BCUT2D eigenvalue weighted by Gasteiger charge is -2.36. The van der Waals surface area contributed by atoms with Gasteiger partial charge in [0.1, 0.15) is 11.6 Å². The number of anilines is 1. The second-order valence-electron chi connectivity index (χ2n) is 8.34. The van der Waals surface area contributed by atoms with Gasteiger partial charge in [0.15, 0.2) is 0 Å². The van der Waals surface area contributed by atoms with E-state index in [4.69, 9.17) is 4.74 Å². The first-order chi connectivity index (χ1) is 15.7. The van der Waals surface area contributed by atoms with Crippen LogP contribution in [0.4, 0.5) is 10.1 Å². The summed E-state index contributed by atoms with van der Waals surface area (Å²) in [6.07, 6.45) is 3.65. The highest BCUT2D eigenvalue weighted by Crippen LogP contribution is 2.28. The lowest BCUT2D eigenvalue weighted by molar-refractivity contribution is 0.101. The summed E-state index contributed by atoms with van der Waals surface area (Å²) < 4.78 is 19.6. The van der Waals surface area contributed by atoms with Crippen molar-refractivity contribution in [2.75, 3.05) is 44.2 Å². The molecular formula is C26H26FN3O2. The molecule has 5 rings (SSSR count). The van der Waals surface area contributed by atoms with E-state index in [1.807, 2.05) is 30.3 Å². The topological polar surface area (TPSA) is 45.1 Å². The van der Waals surface area contributed by atoms with E-state index in [1.165, 1.54) is 6.07 Å². The first-order valence-electron chi connectivity index (χ1n) is 11.2. The molecule has 2 heterocycles. The molecule has 2 aliphatic heterocycles. The van der Waals surface area contributed by atoms with Crippen LogP contribution >= 0.6 is 0 Å². The third-order valence-corrected chi connectivity index (χ3v) is 6.25. The number of hydrogen-bond acceptors (Lipinski definition) is 4. The molecule has 0 saturated carbocycles. The lowest BCUT2D eigenvalue weighted by atomic mass is 10.1. The summed E-state index contributed by atoms with van der Waals surface area (Å²) in [5.41, 5.74) is 2.60. The average molecular weight is 432 g/mol. The molecule has 2 aliphatic rings. The summed E-state index contributed by atoms with van der Waals surface area (Å²) in [7, 11) is 0. The van der Waals surface area contributed by atoms with Crippen LogP contribution in [0.2, 0.25) is 0 Å². The molecule has 0 aromatic heterocycles. The molecule has 3 aromatic rings. The van der Waals surface area contributed by atoms with E-state index in [9.17, 15) is 9.18 Å². The molecule has 164 valence electrons. The third-order valence-electron chi connectivity index (χ3n) is 6.25. The Hall–Kier alpha value is -3.25. The zero-order valence-corrected chi connectivity index (χ0v) is 18.0. The van der Waals surface area contributed by atoms with Crippen molar-refractivity contribution < 1.29 is 13.9 Å². The first-order valence-corrected chi connectivity index (χ1v) is 11.2. The molecule has 0 aliphatic carbocycles. The van der Waals surface area contributed by atoms with Crippen LogP contribution < -0.4 is 9.64 Å². The minimum atomic E-state index is -0.188. The van der Waals surface area contributed by atoms with Gasteiger partial charge in [-0.05, 0) is 61.2 Å². The van der Waals surface area contributed by atoms with E-state index in [2.05, 4.69) is 20.9 Å². The van der Waals surface area contributed by atoms with Crippen molar-refractivity contribution in [2.24, 2.45) is 4.99 Å². The molecule has 5 nitrogen and oxygen atoms in total. The lowest BCUT2D eigenvalue weighted by Crippen LogP contribution is -2.46. The second kappa shape index (κ2) is 9.09. The van der Waals surface area contributed by atoms with Gasteiger partial charge < -0.3 is 9.64 Å². The van der Waals surface area contributed by atoms with Crippen molar-refractivity contribution >= 4 is 28.6 Å². The molecule has 6 heteroatoms. The molecule has 0 spiro atoms. The highest BCUT2D eigenvalue weighted by molar-refractivity contribution is 6.13. The van der Waals surface area contributed by atoms with Crippen LogP contribution in [0.5, 0.6) is 5.75 Å². The monoisotopic (exact) mass is 431 g/mol. The number of amides is 1. The van der Waals surface area contributed by atoms with Gasteiger partial charge in [-0.2, -0.15) is 0 Å². The van der Waals surface area contributed by atoms with Crippen molar-refractivity contribution in [3.05, 3.63) is 71.5 Å². The standard InChI is InChI=1S/C26H26FN3O2/c27-21-7-6-19-4-3-5-25(24(19)17-21)30-13-11-29(12-14-30)10-1-2-15-32-22-8-9-23-20(16-22)18-28-26(23)31/h3-9,16-18H,1-2,10-15H2. The zero-order valence-electron chi connectivity index (χ0n) is 18.0. The second-order valence-corrected chi connectivity index (χ2v) is 8.34. The number of aliphatic imine (C=N–C) groups is 1. The Bertz CT molecular complexity index is 1170. The van der Waals surface area contributed by atoms with E-state index < -0.39 is 0 Å². The summed E-state index contributed by atoms with van der Waals surface area (Å²) in [5, 5.41) is 2.06. The summed E-state index contributed by atoms with van der Waals surface area (Å²) in [6, 6.07) is 16.7. The van der Waals surface area contributed by atoms with Crippen LogP contribution in [0, 0.1) is 5.82 Å². The van der Waals surface area contributed by atoms with Crippen LogP contribution in [0.1, 0.15) is 28.8 Å². The normalized spacial score (nSPS) is 16.0. The van der Waals surface area contributed by atoms with E-state index in [0.29, 0.717) is 12.2 Å². The minimum absolute atomic E-state index is 0.181. The fraction of sp³-hybridized carbons (Fsp3) is 0.308. The Morgan fingerprint density at radius 3 is 2.72 bits per heavy atom. The zero-order chi connectivity index (χ0) is 21.9. The molecule has 0 N–H and O–H groups in total. The molecule has 0 atom stereocenters. The van der Waals surface area contributed by atoms with Gasteiger partial charge in [-0.25, -0.2) is 9.38 Å². The van der Waals surface area contributed by atoms with Gasteiger partial charge >= 0.3 is 0 Å². The van der Waals surface area contributed by atoms with Gasteiger partial charge in [0, 0.05) is 49.0 Å². The maximum Gasteiger partial charge on any atom is 0.277 e. The summed E-state index contributed by atoms with van der Waals surface area (Å²) in [6.45, 7) is 5.61. The maximum atomic E-state index is 13.8. The van der Waals surface area contributed by atoms with Crippen LogP contribution in [-0.4, -0.2) is 56.4 Å². The number of carbonyl (C=O) groups is 1. The number of ether oxygens (including phenoxy) is 1. The highest BCUT2D eigenvalue weighted by atomic mass is 19.1. The number of hydrogen-bond donors (Lipinski definition) is 0. The molecule has 1 amide bonds. The fourth-order valence-corrected chi connectivity index (χ4v) is 4.47. The van der Waals surface area contributed by atoms with Gasteiger partial charge in [0.25, 0.3) is 5.91 Å². The fourth-order valence-electron chi connectivity index (χ4n) is 4.47. The van der Waals surface area contributed by atoms with Crippen molar-refractivity contribution in [3.63, 3.8) is 0 Å². The maximum absolute atomic E-state index is 13.8. The Kier molecular flexibility index (Phi) is 5.86. The number of halogens is 1. The molecule has 1 fully saturated rings. The quantitative estimate of drug-likeness (QED) is 0.516. The van der Waals surface area contributed by atoms with Gasteiger partial charge in [-0.15, -0.1) is 0 Å². The number of benzene rings is 3. The number of piperazine rings is 1. The van der Waals surface area contributed by atoms with Crippen LogP contribution in [0.25, 0.3) is 10.8 Å². The van der Waals surface area contributed by atoms with Crippen molar-refractivity contribution in [1.29, 1.82) is 0 Å². The molecule has 32 heavy (non-hydrogen) atoms. The third kappa shape index (κ3) is 4.36. The highest BCUT2D eigenvalue weighted by Gasteiger charge is 2.19. The molecule has 0 radical (unpaired) electrons. The molecule has 0 bridgehead atoms. The first kappa shape index (κ1) is 20.6. The van der Waals surface area contributed by atoms with Crippen molar-refractivity contribution in [1.82, 2.24) is 4.90 Å². The van der Waals surface area contributed by atoms with Gasteiger partial charge in [-0.3, -0.25) is 9.69 Å². The van der Waals surface area contributed by atoms with Gasteiger partial charge in [0.05, 0.1) is 12.2 Å². The molecule has 3 aromatic carbocycles. The molecular weight excluding hydrogens is 405 g/mol. The number of carbonyl (C=O) groups excluding carboxylic acids is 1. The number of rotatable bonds is 7. The van der Waals surface area contributed by atoms with E-state index in [-0.39, 0.29) is 11.7 Å². The van der Waals surface area contributed by atoms with E-state index >= 15 is 0 Å². The summed E-state index contributed by atoms with van der Waals surface area (Å²) in [5.74, 6) is 0.414. The predicted molar refractivity (Wildman–Crippen MR) is 126 cm³/mol. The van der Waals surface area contributed by atoms with Crippen molar-refractivity contribution in [2.45, 2.75) is 12.8 Å². The number of unbranched alkanes of at least 4 members (excludes halogenated alkanes) is 1. The van der Waals surface area contributed by atoms with E-state index in [1.54, 1.807) is 18.3 Å². The van der Waals surface area contributed by atoms with Crippen LogP contribution in [-0.2, 0) is 0 Å². The number of nitrogens with zero attached hydrogens (tertiary/aromatic N) is 3. The molecule has 0 unspecified atom stereocenters. The van der Waals surface area contributed by atoms with Crippen molar-refractivity contribution in [3.8, 4) is 5.75 Å². The van der Waals surface area contributed by atoms with Gasteiger partial charge in [0.2, 0.25) is 0 Å². The predicted octanol–water partition coefficient (Wildman–Crippen LogP) is 4.53. The van der Waals surface area contributed by atoms with E-state index in [0.717, 1.165) is 73.3 Å². The smallest absolute Gasteiger partial charge is 0.277 e.